The van der Waals surface area contributed by atoms with Gasteiger partial charge in [0.25, 0.3) is 5.91 Å². The van der Waals surface area contributed by atoms with E-state index in [-0.39, 0.29) is 23.3 Å². The van der Waals surface area contributed by atoms with Crippen molar-refractivity contribution in [2.45, 2.75) is 43.3 Å². The Bertz CT molecular complexity index is 1260. The highest BCUT2D eigenvalue weighted by Crippen LogP contribution is 2.26. The summed E-state index contributed by atoms with van der Waals surface area (Å²) in [5.41, 5.74) is 1.95. The molecule has 1 atom stereocenters. The van der Waals surface area contributed by atoms with Crippen LogP contribution in [0.5, 0.6) is 0 Å². The maximum atomic E-state index is 13.6. The van der Waals surface area contributed by atoms with Crippen molar-refractivity contribution in [2.24, 2.45) is 0 Å². The zero-order valence-corrected chi connectivity index (χ0v) is 20.5. The lowest BCUT2D eigenvalue weighted by Crippen LogP contribution is -2.48. The number of sulfonamides is 1. The lowest BCUT2D eigenvalue weighted by molar-refractivity contribution is -0.124. The zero-order valence-electron chi connectivity index (χ0n) is 18.9. The van der Waals surface area contributed by atoms with Gasteiger partial charge >= 0.3 is 0 Å². The number of benzene rings is 2. The Hall–Kier alpha value is -3.14. The van der Waals surface area contributed by atoms with Gasteiger partial charge in [-0.3, -0.25) is 9.59 Å². The second-order valence-electron chi connectivity index (χ2n) is 8.32. The van der Waals surface area contributed by atoms with Gasteiger partial charge in [0.2, 0.25) is 15.9 Å². The van der Waals surface area contributed by atoms with Crippen LogP contribution in [0.1, 0.15) is 40.7 Å². The predicted molar refractivity (Wildman–Crippen MR) is 131 cm³/mol. The third-order valence-electron chi connectivity index (χ3n) is 5.86. The molecular formula is C25H26ClN3O5S. The van der Waals surface area contributed by atoms with E-state index in [1.807, 2.05) is 0 Å². The number of hydrogen-bond donors (Lipinski definition) is 2. The number of rotatable bonds is 8. The zero-order chi connectivity index (χ0) is 24.8. The number of carbonyl (C=O) groups is 2. The van der Waals surface area contributed by atoms with Gasteiger partial charge in [0.15, 0.2) is 0 Å². The molecule has 0 saturated carbocycles. The molecule has 2 heterocycles. The summed E-state index contributed by atoms with van der Waals surface area (Å²) in [6.07, 6.45) is 5.04. The van der Waals surface area contributed by atoms with Crippen molar-refractivity contribution in [3.05, 3.63) is 88.8 Å². The summed E-state index contributed by atoms with van der Waals surface area (Å²) in [4.78, 5) is 25.3. The Balaban J connectivity index is 1.56. The van der Waals surface area contributed by atoms with Gasteiger partial charge in [0.05, 0.1) is 17.4 Å². The van der Waals surface area contributed by atoms with Crippen molar-refractivity contribution >= 4 is 33.4 Å². The van der Waals surface area contributed by atoms with Crippen LogP contribution in [0.15, 0.2) is 76.4 Å². The van der Waals surface area contributed by atoms with Crippen LogP contribution < -0.4 is 10.6 Å². The van der Waals surface area contributed by atoms with Crippen LogP contribution in [-0.2, 0) is 27.9 Å². The van der Waals surface area contributed by atoms with Crippen LogP contribution in [-0.4, -0.2) is 37.1 Å². The molecule has 0 unspecified atom stereocenters. The third-order valence-corrected chi connectivity index (χ3v) is 7.98. The largest absolute Gasteiger partial charge is 0.472 e. The lowest BCUT2D eigenvalue weighted by atomic mass is 10.1. The summed E-state index contributed by atoms with van der Waals surface area (Å²) in [5.74, 6) is -0.568. The summed E-state index contributed by atoms with van der Waals surface area (Å²) in [7, 11) is -4.00. The van der Waals surface area contributed by atoms with Gasteiger partial charge in [-0.25, -0.2) is 8.42 Å². The summed E-state index contributed by atoms with van der Waals surface area (Å²) in [5, 5.41) is 6.05. The molecular weight excluding hydrogens is 490 g/mol. The fourth-order valence-corrected chi connectivity index (χ4v) is 5.65. The maximum absolute atomic E-state index is 13.6. The van der Waals surface area contributed by atoms with Gasteiger partial charge < -0.3 is 15.1 Å². The number of furan rings is 1. The van der Waals surface area contributed by atoms with Gasteiger partial charge in [0.1, 0.15) is 6.04 Å². The highest BCUT2D eigenvalue weighted by Gasteiger charge is 2.36. The minimum Gasteiger partial charge on any atom is -0.472 e. The molecule has 10 heteroatoms. The molecule has 1 aliphatic rings. The lowest BCUT2D eigenvalue weighted by Gasteiger charge is -2.29. The van der Waals surface area contributed by atoms with Crippen LogP contribution in [0.2, 0.25) is 5.02 Å². The van der Waals surface area contributed by atoms with Crippen molar-refractivity contribution in [1.82, 2.24) is 14.9 Å². The van der Waals surface area contributed by atoms with Crippen LogP contribution >= 0.6 is 11.6 Å². The number of hydrogen-bond acceptors (Lipinski definition) is 5. The minimum atomic E-state index is -4.00. The van der Waals surface area contributed by atoms with E-state index < -0.39 is 16.1 Å². The molecule has 8 nitrogen and oxygen atoms in total. The van der Waals surface area contributed by atoms with Gasteiger partial charge in [-0.1, -0.05) is 23.7 Å². The Morgan fingerprint density at radius 1 is 1.06 bits per heavy atom. The molecule has 1 saturated heterocycles. The van der Waals surface area contributed by atoms with Crippen molar-refractivity contribution in [3.63, 3.8) is 0 Å². The number of nitrogens with one attached hydrogen (secondary N) is 2. The first-order valence-corrected chi connectivity index (χ1v) is 13.1. The molecule has 2 amide bonds. The van der Waals surface area contributed by atoms with Crippen LogP contribution in [0, 0.1) is 0 Å². The molecule has 35 heavy (non-hydrogen) atoms. The van der Waals surface area contributed by atoms with Gasteiger partial charge in [-0.05, 0) is 67.3 Å². The normalized spacial score (nSPS) is 16.5. The molecule has 0 aliphatic carbocycles. The summed E-state index contributed by atoms with van der Waals surface area (Å²) in [6.45, 7) is 0.841. The van der Waals surface area contributed by atoms with Crippen molar-refractivity contribution in [1.29, 1.82) is 0 Å². The van der Waals surface area contributed by atoms with Crippen molar-refractivity contribution in [3.8, 4) is 0 Å². The standard InChI is InChI=1S/C25H26ClN3O5S/c26-21-8-10-22(11-9-21)35(32,33)29(23-3-1-2-13-27-25(23)31)16-18-4-6-20(7-5-18)24(30)28-15-19-12-14-34-17-19/h4-12,14,17,23H,1-3,13,15-16H2,(H,27,31)(H,28,30)/t23-/m1/s1. The highest BCUT2D eigenvalue weighted by molar-refractivity contribution is 7.89. The second kappa shape index (κ2) is 11.1. The van der Waals surface area contributed by atoms with E-state index in [9.17, 15) is 18.0 Å². The quantitative estimate of drug-likeness (QED) is 0.475. The van der Waals surface area contributed by atoms with E-state index in [0.717, 1.165) is 18.4 Å². The Morgan fingerprint density at radius 3 is 2.49 bits per heavy atom. The fourth-order valence-electron chi connectivity index (χ4n) is 3.92. The highest BCUT2D eigenvalue weighted by atomic mass is 35.5. The molecule has 2 aromatic carbocycles. The SMILES string of the molecule is O=C(NCc1ccoc1)c1ccc(CN([C@@H]2CCCCNC2=O)S(=O)(=O)c2ccc(Cl)cc2)cc1. The monoisotopic (exact) mass is 515 g/mol. The van der Waals surface area contributed by atoms with E-state index in [4.69, 9.17) is 16.0 Å². The number of halogens is 1. The molecule has 1 aromatic heterocycles. The second-order valence-corrected chi connectivity index (χ2v) is 10.6. The summed E-state index contributed by atoms with van der Waals surface area (Å²) < 4.78 is 33.5. The predicted octanol–water partition coefficient (Wildman–Crippen LogP) is 3.72. The van der Waals surface area contributed by atoms with E-state index >= 15 is 0 Å². The first kappa shape index (κ1) is 25.0. The minimum absolute atomic E-state index is 0.0139. The molecule has 3 aromatic rings. The first-order valence-electron chi connectivity index (χ1n) is 11.3. The van der Waals surface area contributed by atoms with Crippen LogP contribution in [0.4, 0.5) is 0 Å². The van der Waals surface area contributed by atoms with E-state index in [2.05, 4.69) is 10.6 Å². The van der Waals surface area contributed by atoms with Crippen molar-refractivity contribution in [2.75, 3.05) is 6.54 Å². The van der Waals surface area contributed by atoms with Gasteiger partial charge in [-0.2, -0.15) is 4.31 Å². The topological polar surface area (TPSA) is 109 Å². The molecule has 184 valence electrons. The fraction of sp³-hybridized carbons (Fsp3) is 0.280. The Morgan fingerprint density at radius 2 is 1.80 bits per heavy atom. The van der Waals surface area contributed by atoms with Crippen LogP contribution in [0.3, 0.4) is 0 Å². The summed E-state index contributed by atoms with van der Waals surface area (Å²) in [6, 6.07) is 13.5. The average Bonchev–Trinajstić information content (AvgIpc) is 3.29. The molecule has 0 bridgehead atoms. The Kier molecular flexibility index (Phi) is 7.90. The van der Waals surface area contributed by atoms with E-state index in [1.54, 1.807) is 36.6 Å². The molecule has 1 aliphatic heterocycles. The molecule has 0 radical (unpaired) electrons. The maximum Gasteiger partial charge on any atom is 0.251 e. The van der Waals surface area contributed by atoms with Gasteiger partial charge in [0, 0.05) is 35.8 Å². The molecule has 0 spiro atoms. The average molecular weight is 516 g/mol. The number of amides is 2. The van der Waals surface area contributed by atoms with Gasteiger partial charge in [-0.15, -0.1) is 0 Å². The van der Waals surface area contributed by atoms with Crippen LogP contribution in [0.25, 0.3) is 0 Å². The number of carbonyl (C=O) groups excluding carboxylic acids is 2. The van der Waals surface area contributed by atoms with E-state index in [0.29, 0.717) is 35.7 Å². The number of nitrogens with zero attached hydrogens (tertiary/aromatic N) is 1. The molecule has 1 fully saturated rings. The molecule has 4 rings (SSSR count). The third kappa shape index (κ3) is 6.11. The molecule has 2 N–H and O–H groups in total. The Labute approximate surface area is 209 Å². The first-order chi connectivity index (χ1) is 16.8. The summed E-state index contributed by atoms with van der Waals surface area (Å²) >= 11 is 5.95. The van der Waals surface area contributed by atoms with Crippen molar-refractivity contribution < 1.29 is 22.4 Å². The van der Waals surface area contributed by atoms with E-state index in [1.165, 1.54) is 34.8 Å². The smallest absolute Gasteiger partial charge is 0.251 e.